The van der Waals surface area contributed by atoms with Gasteiger partial charge in [-0.05, 0) is 43.0 Å². The molecule has 0 aliphatic carbocycles. The molecule has 142 valence electrons. The van der Waals surface area contributed by atoms with Crippen molar-refractivity contribution in [2.24, 2.45) is 11.1 Å². The number of piperidine rings is 1. The molecule has 1 aliphatic rings. The summed E-state index contributed by atoms with van der Waals surface area (Å²) in [6, 6.07) is 4.71. The Labute approximate surface area is 155 Å². The molecule has 5 nitrogen and oxygen atoms in total. The van der Waals surface area contributed by atoms with Gasteiger partial charge in [-0.25, -0.2) is 12.8 Å². The number of nitrogens with zero attached hydrogens (tertiary/aromatic N) is 1. The predicted octanol–water partition coefficient (Wildman–Crippen LogP) is 2.39. The molecule has 1 saturated heterocycles. The monoisotopic (exact) mass is 392 g/mol. The van der Waals surface area contributed by atoms with Gasteiger partial charge in [0.1, 0.15) is 5.82 Å². The van der Waals surface area contributed by atoms with Crippen molar-refractivity contribution in [1.29, 1.82) is 0 Å². The zero-order valence-corrected chi connectivity index (χ0v) is 16.4. The second-order valence-corrected chi connectivity index (χ2v) is 9.58. The van der Waals surface area contributed by atoms with Gasteiger partial charge in [0.05, 0.1) is 10.1 Å². The van der Waals surface area contributed by atoms with E-state index in [0.29, 0.717) is 19.5 Å². The summed E-state index contributed by atoms with van der Waals surface area (Å²) in [5.41, 5.74) is 5.88. The van der Waals surface area contributed by atoms with E-state index in [2.05, 4.69) is 0 Å². The first-order valence-electron chi connectivity index (χ1n) is 8.07. The molecular weight excluding hydrogens is 367 g/mol. The second-order valence-electron chi connectivity index (χ2n) is 7.21. The van der Waals surface area contributed by atoms with Gasteiger partial charge in [0.15, 0.2) is 9.84 Å². The highest BCUT2D eigenvalue weighted by molar-refractivity contribution is 7.92. The van der Waals surface area contributed by atoms with E-state index in [1.807, 2.05) is 13.8 Å². The molecule has 1 fully saturated rings. The number of likely N-dealkylation sites (tertiary alicyclic amines) is 1. The highest BCUT2D eigenvalue weighted by Gasteiger charge is 2.36. The van der Waals surface area contributed by atoms with E-state index in [1.54, 1.807) is 4.90 Å². The number of hydrogen-bond donors (Lipinski definition) is 1. The van der Waals surface area contributed by atoms with Gasteiger partial charge in [-0.3, -0.25) is 4.79 Å². The summed E-state index contributed by atoms with van der Waals surface area (Å²) in [5, 5.41) is -0.867. The SMILES string of the molecule is CC(CC(=O)N1CCC(N)C(C)(C)C1)S(=O)(=O)c1ccc(F)cc1.Cl. The molecular formula is C17H26ClFN2O3S. The summed E-state index contributed by atoms with van der Waals surface area (Å²) in [6.07, 6.45) is 0.614. The van der Waals surface area contributed by atoms with Crippen molar-refractivity contribution in [3.63, 3.8) is 0 Å². The maximum absolute atomic E-state index is 13.0. The van der Waals surface area contributed by atoms with Crippen LogP contribution in [0.15, 0.2) is 29.2 Å². The van der Waals surface area contributed by atoms with Gasteiger partial charge in [0.25, 0.3) is 0 Å². The number of carbonyl (C=O) groups is 1. The van der Waals surface area contributed by atoms with E-state index in [0.717, 1.165) is 12.1 Å². The van der Waals surface area contributed by atoms with Gasteiger partial charge in [0.2, 0.25) is 5.91 Å². The van der Waals surface area contributed by atoms with Gasteiger partial charge in [-0.2, -0.15) is 0 Å². The van der Waals surface area contributed by atoms with Gasteiger partial charge in [0, 0.05) is 25.6 Å². The quantitative estimate of drug-likeness (QED) is 0.798. The molecule has 1 heterocycles. The molecule has 0 radical (unpaired) electrons. The topological polar surface area (TPSA) is 80.5 Å². The van der Waals surface area contributed by atoms with Gasteiger partial charge in [-0.15, -0.1) is 12.4 Å². The average molecular weight is 393 g/mol. The number of sulfone groups is 1. The van der Waals surface area contributed by atoms with E-state index in [1.165, 1.54) is 19.1 Å². The van der Waals surface area contributed by atoms with Crippen molar-refractivity contribution in [3.05, 3.63) is 30.1 Å². The minimum Gasteiger partial charge on any atom is -0.342 e. The minimum absolute atomic E-state index is 0. The molecule has 1 amide bonds. The van der Waals surface area contributed by atoms with Gasteiger partial charge in [-0.1, -0.05) is 13.8 Å². The lowest BCUT2D eigenvalue weighted by Crippen LogP contribution is -2.54. The van der Waals surface area contributed by atoms with Crippen molar-refractivity contribution in [2.45, 2.75) is 49.8 Å². The molecule has 0 aromatic heterocycles. The highest BCUT2D eigenvalue weighted by atomic mass is 35.5. The van der Waals surface area contributed by atoms with Crippen LogP contribution in [0.2, 0.25) is 0 Å². The molecule has 2 rings (SSSR count). The molecule has 1 aromatic rings. The molecule has 1 aliphatic heterocycles. The van der Waals surface area contributed by atoms with Crippen molar-refractivity contribution in [3.8, 4) is 0 Å². The number of hydrogen-bond acceptors (Lipinski definition) is 4. The van der Waals surface area contributed by atoms with Crippen LogP contribution in [0.25, 0.3) is 0 Å². The van der Waals surface area contributed by atoms with Crippen LogP contribution in [0.4, 0.5) is 4.39 Å². The Morgan fingerprint density at radius 2 is 1.92 bits per heavy atom. The normalized spacial score (nSPS) is 21.3. The molecule has 8 heteroatoms. The molecule has 0 spiro atoms. The van der Waals surface area contributed by atoms with Crippen LogP contribution in [0.1, 0.15) is 33.6 Å². The summed E-state index contributed by atoms with van der Waals surface area (Å²) >= 11 is 0. The predicted molar refractivity (Wildman–Crippen MR) is 97.9 cm³/mol. The van der Waals surface area contributed by atoms with Crippen LogP contribution in [-0.2, 0) is 14.6 Å². The van der Waals surface area contributed by atoms with Crippen molar-refractivity contribution < 1.29 is 17.6 Å². The van der Waals surface area contributed by atoms with Crippen LogP contribution < -0.4 is 5.73 Å². The lowest BCUT2D eigenvalue weighted by molar-refractivity contribution is -0.134. The van der Waals surface area contributed by atoms with E-state index in [4.69, 9.17) is 5.73 Å². The fraction of sp³-hybridized carbons (Fsp3) is 0.588. The lowest BCUT2D eigenvalue weighted by atomic mass is 9.79. The number of benzene rings is 1. The molecule has 0 saturated carbocycles. The number of carbonyl (C=O) groups excluding carboxylic acids is 1. The number of rotatable bonds is 4. The van der Waals surface area contributed by atoms with Gasteiger partial charge < -0.3 is 10.6 Å². The summed E-state index contributed by atoms with van der Waals surface area (Å²) in [4.78, 5) is 14.2. The molecule has 1 aromatic carbocycles. The van der Waals surface area contributed by atoms with E-state index < -0.39 is 20.9 Å². The molecule has 25 heavy (non-hydrogen) atoms. The number of amides is 1. The maximum Gasteiger partial charge on any atom is 0.223 e. The van der Waals surface area contributed by atoms with E-state index >= 15 is 0 Å². The zero-order valence-electron chi connectivity index (χ0n) is 14.7. The van der Waals surface area contributed by atoms with Crippen LogP contribution in [0.3, 0.4) is 0 Å². The Bertz CT molecular complexity index is 707. The molecule has 2 unspecified atom stereocenters. The van der Waals surface area contributed by atoms with Crippen molar-refractivity contribution in [2.75, 3.05) is 13.1 Å². The first kappa shape index (κ1) is 21.9. The Hall–Kier alpha value is -1.18. The van der Waals surface area contributed by atoms with Crippen molar-refractivity contribution in [1.82, 2.24) is 4.90 Å². The summed E-state index contributed by atoms with van der Waals surface area (Å²) in [6.45, 7) is 6.60. The third kappa shape index (κ3) is 4.92. The highest BCUT2D eigenvalue weighted by Crippen LogP contribution is 2.28. The molecule has 0 bridgehead atoms. The summed E-state index contributed by atoms with van der Waals surface area (Å²) in [5.74, 6) is -0.683. The Balaban J connectivity index is 0.00000312. The third-order valence-corrected chi connectivity index (χ3v) is 6.95. The van der Waals surface area contributed by atoms with Crippen LogP contribution in [-0.4, -0.2) is 43.6 Å². The maximum atomic E-state index is 13.0. The number of halogens is 2. The van der Waals surface area contributed by atoms with Crippen LogP contribution in [0.5, 0.6) is 0 Å². The van der Waals surface area contributed by atoms with E-state index in [-0.39, 0.29) is 41.1 Å². The van der Waals surface area contributed by atoms with Crippen LogP contribution in [0, 0.1) is 11.2 Å². The first-order valence-corrected chi connectivity index (χ1v) is 9.61. The second kappa shape index (κ2) is 8.01. The lowest BCUT2D eigenvalue weighted by Gasteiger charge is -2.42. The summed E-state index contributed by atoms with van der Waals surface area (Å²) in [7, 11) is -3.67. The minimum atomic E-state index is -3.67. The average Bonchev–Trinajstić information content (AvgIpc) is 2.50. The fourth-order valence-electron chi connectivity index (χ4n) is 2.93. The number of nitrogens with two attached hydrogens (primary N) is 1. The fourth-order valence-corrected chi connectivity index (χ4v) is 4.27. The molecule has 2 N–H and O–H groups in total. The Kier molecular flexibility index (Phi) is 7.01. The standard InChI is InChI=1S/C17H25FN2O3S.ClH/c1-12(24(22,23)14-6-4-13(18)5-7-14)10-16(21)20-9-8-15(19)17(2,3)11-20;/h4-7,12,15H,8-11,19H2,1-3H3;1H. The van der Waals surface area contributed by atoms with Crippen LogP contribution >= 0.6 is 12.4 Å². The smallest absolute Gasteiger partial charge is 0.223 e. The zero-order chi connectivity index (χ0) is 18.1. The largest absolute Gasteiger partial charge is 0.342 e. The third-order valence-electron chi connectivity index (χ3n) is 4.80. The Morgan fingerprint density at radius 3 is 2.44 bits per heavy atom. The first-order chi connectivity index (χ1) is 11.0. The van der Waals surface area contributed by atoms with Crippen molar-refractivity contribution >= 4 is 28.2 Å². The van der Waals surface area contributed by atoms with E-state index in [9.17, 15) is 17.6 Å². The Morgan fingerprint density at radius 1 is 1.36 bits per heavy atom. The molecule has 2 atom stereocenters. The summed E-state index contributed by atoms with van der Waals surface area (Å²) < 4.78 is 38.0. The van der Waals surface area contributed by atoms with Gasteiger partial charge >= 0.3 is 0 Å².